The fourth-order valence-corrected chi connectivity index (χ4v) is 1.92. The normalized spacial score (nSPS) is 10.4. The molecule has 1 N–H and O–H groups in total. The van der Waals surface area contributed by atoms with Crippen molar-refractivity contribution in [2.24, 2.45) is 5.10 Å². The van der Waals surface area contributed by atoms with Gasteiger partial charge in [0.05, 0.1) is 12.8 Å². The Hall–Kier alpha value is -2.53. The van der Waals surface area contributed by atoms with Crippen LogP contribution in [0, 0.1) is 0 Å². The molecule has 0 saturated carbocycles. The van der Waals surface area contributed by atoms with Gasteiger partial charge in [-0.05, 0) is 41.0 Å². The van der Waals surface area contributed by atoms with Gasteiger partial charge >= 0.3 is 0 Å². The lowest BCUT2D eigenvalue weighted by molar-refractivity contribution is 0.437. The molecule has 0 aliphatic carbocycles. The van der Waals surface area contributed by atoms with Crippen molar-refractivity contribution >= 4 is 29.6 Å². The summed E-state index contributed by atoms with van der Waals surface area (Å²) >= 11 is 5.31. The van der Waals surface area contributed by atoms with Gasteiger partial charge in [0.2, 0.25) is 0 Å². The summed E-state index contributed by atoms with van der Waals surface area (Å²) < 4.78 is 0. The molecule has 1 aromatic carbocycles. The minimum atomic E-state index is 0.568. The van der Waals surface area contributed by atoms with Gasteiger partial charge in [-0.3, -0.25) is 4.98 Å². The van der Waals surface area contributed by atoms with E-state index in [2.05, 4.69) is 22.0 Å². The number of benzene rings is 1. The van der Waals surface area contributed by atoms with Gasteiger partial charge in [-0.25, -0.2) is 5.01 Å². The number of thiocarbonyl (C=S) groups is 1. The van der Waals surface area contributed by atoms with Gasteiger partial charge in [0.25, 0.3) is 0 Å². The van der Waals surface area contributed by atoms with Crippen molar-refractivity contribution in [3.05, 3.63) is 72.1 Å². The van der Waals surface area contributed by atoms with E-state index in [1.165, 1.54) is 0 Å². The number of rotatable bonds is 5. The highest BCUT2D eigenvalue weighted by Crippen LogP contribution is 2.09. The fraction of sp³-hybridized carbons (Fsp3) is 0.118. The quantitative estimate of drug-likeness (QED) is 0.523. The molecule has 0 aliphatic rings. The average molecular weight is 310 g/mol. The molecular formula is C17H18N4S. The lowest BCUT2D eigenvalue weighted by Gasteiger charge is -2.19. The highest BCUT2D eigenvalue weighted by molar-refractivity contribution is 7.80. The molecule has 0 unspecified atom stereocenters. The van der Waals surface area contributed by atoms with Crippen LogP contribution in [0.4, 0.5) is 0 Å². The highest BCUT2D eigenvalue weighted by atomic mass is 32.1. The Morgan fingerprint density at radius 2 is 1.91 bits per heavy atom. The first-order valence-corrected chi connectivity index (χ1v) is 7.28. The molecule has 0 atom stereocenters. The topological polar surface area (TPSA) is 40.5 Å². The van der Waals surface area contributed by atoms with Crippen LogP contribution in [0.25, 0.3) is 6.08 Å². The number of nitrogens with one attached hydrogen (secondary N) is 1. The second-order valence-corrected chi connectivity index (χ2v) is 4.97. The second-order valence-electron chi connectivity index (χ2n) is 4.58. The predicted molar refractivity (Wildman–Crippen MR) is 95.6 cm³/mol. The number of hydrogen-bond acceptors (Lipinski definition) is 3. The highest BCUT2D eigenvalue weighted by Gasteiger charge is 2.07. The third-order valence-corrected chi connectivity index (χ3v) is 3.46. The molecule has 0 aliphatic heterocycles. The maximum Gasteiger partial charge on any atom is 0.189 e. The van der Waals surface area contributed by atoms with E-state index in [1.54, 1.807) is 30.7 Å². The largest absolute Gasteiger partial charge is 0.364 e. The van der Waals surface area contributed by atoms with Crippen LogP contribution in [0.2, 0.25) is 0 Å². The first-order valence-electron chi connectivity index (χ1n) is 6.87. The lowest BCUT2D eigenvalue weighted by Crippen LogP contribution is -2.33. The van der Waals surface area contributed by atoms with Gasteiger partial charge in [-0.2, -0.15) is 5.10 Å². The van der Waals surface area contributed by atoms with Crippen LogP contribution in [0.5, 0.6) is 0 Å². The van der Waals surface area contributed by atoms with E-state index in [0.29, 0.717) is 11.7 Å². The SMILES string of the molecule is C=Cc1ccc(CN(N=Cc2ccncc2)C(=S)NC)cc1. The molecule has 1 aromatic heterocycles. The molecule has 0 spiro atoms. The molecule has 4 nitrogen and oxygen atoms in total. The summed E-state index contributed by atoms with van der Waals surface area (Å²) in [5.74, 6) is 0. The van der Waals surface area contributed by atoms with Crippen molar-refractivity contribution in [2.75, 3.05) is 7.05 Å². The van der Waals surface area contributed by atoms with Crippen LogP contribution in [0.3, 0.4) is 0 Å². The Kier molecular flexibility index (Phi) is 5.80. The van der Waals surface area contributed by atoms with Gasteiger partial charge in [0, 0.05) is 19.4 Å². The van der Waals surface area contributed by atoms with Crippen LogP contribution in [0.15, 0.2) is 60.5 Å². The predicted octanol–water partition coefficient (Wildman–Crippen LogP) is 3.07. The molecule has 2 aromatic rings. The summed E-state index contributed by atoms with van der Waals surface area (Å²) in [5.41, 5.74) is 3.18. The summed E-state index contributed by atoms with van der Waals surface area (Å²) in [4.78, 5) is 3.99. The second kappa shape index (κ2) is 8.05. The molecular weight excluding hydrogens is 292 g/mol. The van der Waals surface area contributed by atoms with Crippen LogP contribution in [0.1, 0.15) is 16.7 Å². The number of aromatic nitrogens is 1. The fourth-order valence-electron chi connectivity index (χ4n) is 1.81. The average Bonchev–Trinajstić information content (AvgIpc) is 2.59. The molecule has 2 rings (SSSR count). The summed E-state index contributed by atoms with van der Waals surface area (Å²) in [5, 5.41) is 9.73. The van der Waals surface area contributed by atoms with Gasteiger partial charge in [-0.1, -0.05) is 36.9 Å². The van der Waals surface area contributed by atoms with E-state index in [-0.39, 0.29) is 0 Å². The molecule has 1 heterocycles. The summed E-state index contributed by atoms with van der Waals surface area (Å²) in [6.45, 7) is 4.35. The summed E-state index contributed by atoms with van der Waals surface area (Å²) in [6.07, 6.45) is 7.05. The van der Waals surface area contributed by atoms with Crippen LogP contribution in [-0.4, -0.2) is 28.4 Å². The Balaban J connectivity index is 2.13. The zero-order valence-electron chi connectivity index (χ0n) is 12.4. The number of pyridine rings is 1. The van der Waals surface area contributed by atoms with Crippen molar-refractivity contribution in [3.63, 3.8) is 0 Å². The molecule has 0 radical (unpaired) electrons. The summed E-state index contributed by atoms with van der Waals surface area (Å²) in [6, 6.07) is 11.9. The lowest BCUT2D eigenvalue weighted by atomic mass is 10.1. The van der Waals surface area contributed by atoms with Gasteiger partial charge in [0.1, 0.15) is 0 Å². The van der Waals surface area contributed by atoms with E-state index in [0.717, 1.165) is 16.7 Å². The zero-order chi connectivity index (χ0) is 15.8. The van der Waals surface area contributed by atoms with Gasteiger partial charge in [-0.15, -0.1) is 0 Å². The zero-order valence-corrected chi connectivity index (χ0v) is 13.3. The molecule has 0 saturated heterocycles. The molecule has 5 heteroatoms. The van der Waals surface area contributed by atoms with Gasteiger partial charge < -0.3 is 5.32 Å². The van der Waals surface area contributed by atoms with Crippen molar-refractivity contribution in [1.29, 1.82) is 0 Å². The van der Waals surface area contributed by atoms with Crippen molar-refractivity contribution in [3.8, 4) is 0 Å². The smallest absolute Gasteiger partial charge is 0.189 e. The number of nitrogens with zero attached hydrogens (tertiary/aromatic N) is 3. The Bertz CT molecular complexity index is 650. The minimum Gasteiger partial charge on any atom is -0.364 e. The molecule has 0 amide bonds. The van der Waals surface area contributed by atoms with Crippen LogP contribution < -0.4 is 5.32 Å². The molecule has 22 heavy (non-hydrogen) atoms. The first kappa shape index (κ1) is 15.9. The van der Waals surface area contributed by atoms with E-state index < -0.39 is 0 Å². The maximum absolute atomic E-state index is 5.31. The molecule has 112 valence electrons. The summed E-state index contributed by atoms with van der Waals surface area (Å²) in [7, 11) is 1.79. The Morgan fingerprint density at radius 1 is 1.23 bits per heavy atom. The van der Waals surface area contributed by atoms with E-state index >= 15 is 0 Å². The van der Waals surface area contributed by atoms with Crippen LogP contribution in [-0.2, 0) is 6.54 Å². The van der Waals surface area contributed by atoms with E-state index in [1.807, 2.05) is 42.5 Å². The molecule has 0 bridgehead atoms. The standard InChI is InChI=1S/C17H18N4S/c1-3-14-4-6-16(7-5-14)13-21(17(22)18-2)20-12-15-8-10-19-11-9-15/h3-12H,1,13H2,2H3,(H,18,22). The van der Waals surface area contributed by atoms with Crippen molar-refractivity contribution < 1.29 is 0 Å². The van der Waals surface area contributed by atoms with Gasteiger partial charge in [0.15, 0.2) is 5.11 Å². The minimum absolute atomic E-state index is 0.568. The third kappa shape index (κ3) is 4.49. The van der Waals surface area contributed by atoms with Crippen LogP contribution >= 0.6 is 12.2 Å². The Morgan fingerprint density at radius 3 is 2.50 bits per heavy atom. The van der Waals surface area contributed by atoms with Crippen molar-refractivity contribution in [2.45, 2.75) is 6.54 Å². The number of hydrazone groups is 1. The first-order chi connectivity index (χ1) is 10.7. The van der Waals surface area contributed by atoms with Crippen molar-refractivity contribution in [1.82, 2.24) is 15.3 Å². The monoisotopic (exact) mass is 310 g/mol. The third-order valence-electron chi connectivity index (χ3n) is 3.05. The maximum atomic E-state index is 5.31. The number of hydrogen-bond donors (Lipinski definition) is 1. The van der Waals surface area contributed by atoms with E-state index in [4.69, 9.17) is 12.2 Å². The molecule has 0 fully saturated rings. The van der Waals surface area contributed by atoms with E-state index in [9.17, 15) is 0 Å². The Labute approximate surface area is 136 Å².